The fraction of sp³-hybridized carbons (Fsp3) is 0.300. The predicted octanol–water partition coefficient (Wildman–Crippen LogP) is 1.21. The molecule has 44 heavy (non-hydrogen) atoms. The molecule has 4 amide bonds. The summed E-state index contributed by atoms with van der Waals surface area (Å²) in [4.78, 5) is 59.7. The van der Waals surface area contributed by atoms with Gasteiger partial charge in [0.25, 0.3) is 0 Å². The molecule has 5 rings (SSSR count). The maximum atomic E-state index is 14.2. The van der Waals surface area contributed by atoms with E-state index in [-0.39, 0.29) is 62.5 Å². The number of ether oxygens (including phenoxy) is 1. The molecule has 2 aromatic carbocycles. The highest BCUT2D eigenvalue weighted by atomic mass is 32.1. The van der Waals surface area contributed by atoms with Gasteiger partial charge in [-0.25, -0.2) is 14.8 Å². The van der Waals surface area contributed by atoms with Gasteiger partial charge in [-0.15, -0.1) is 6.42 Å². The number of hydrogen-bond acceptors (Lipinski definition) is 10. The summed E-state index contributed by atoms with van der Waals surface area (Å²) in [6.07, 6.45) is 6.22. The number of hydrogen-bond donors (Lipinski definition) is 3. The normalized spacial score (nSPS) is 18.2. The highest BCUT2D eigenvalue weighted by molar-refractivity contribution is 7.22. The number of hydrazine groups is 1. The SMILES string of the molecule is C#CCN(C(=O)NC)N1CC(=O)N2[C@@H](Cc3ccc(OCC(=O)C=C)c(N)c3)C(=O)N(Cc3cccc4sc(N)nc34)C[C@@H]21. The standard InChI is InChI=1S/C30H32N8O5S/c1-4-11-36(30(42)33-3)37-16-26(40)38-22(13-18-9-10-23(21(31)12-18)43-17-20(39)5-2)28(41)35(15-25(37)38)14-19-7-6-8-24-27(19)34-29(32)44-24/h1,5-10,12,22,25H,2,11,13-17,31H2,3H3,(H2,32,34)(H,33,42)/t22-,25+/m0/s1. The van der Waals surface area contributed by atoms with Crippen LogP contribution < -0.4 is 21.5 Å². The molecular weight excluding hydrogens is 584 g/mol. The lowest BCUT2D eigenvalue weighted by molar-refractivity contribution is -0.157. The summed E-state index contributed by atoms with van der Waals surface area (Å²) < 4.78 is 6.39. The first-order valence-electron chi connectivity index (χ1n) is 13.7. The molecule has 0 aliphatic carbocycles. The van der Waals surface area contributed by atoms with Crippen LogP contribution in [0, 0.1) is 12.3 Å². The Kier molecular flexibility index (Phi) is 8.70. The Balaban J connectivity index is 1.49. The lowest BCUT2D eigenvalue weighted by Gasteiger charge is -2.46. The number of piperazine rings is 1. The van der Waals surface area contributed by atoms with Crippen LogP contribution in [0.15, 0.2) is 49.1 Å². The summed E-state index contributed by atoms with van der Waals surface area (Å²) >= 11 is 1.36. The Bertz CT molecular complexity index is 1680. The molecule has 3 heterocycles. The number of terminal acetylenes is 1. The average molecular weight is 617 g/mol. The Labute approximate surface area is 258 Å². The number of nitrogens with one attached hydrogen (secondary N) is 1. The Morgan fingerprint density at radius 3 is 2.80 bits per heavy atom. The number of anilines is 2. The number of benzene rings is 2. The lowest BCUT2D eigenvalue weighted by Crippen LogP contribution is -2.66. The Morgan fingerprint density at radius 2 is 2.09 bits per heavy atom. The van der Waals surface area contributed by atoms with Crippen LogP contribution in [-0.2, 0) is 27.3 Å². The van der Waals surface area contributed by atoms with Gasteiger partial charge in [-0.3, -0.25) is 14.4 Å². The molecule has 2 aliphatic heterocycles. The van der Waals surface area contributed by atoms with Crippen LogP contribution in [0.5, 0.6) is 5.75 Å². The highest BCUT2D eigenvalue weighted by Gasteiger charge is 2.52. The second-order valence-corrected chi connectivity index (χ2v) is 11.3. The molecule has 2 fully saturated rings. The van der Waals surface area contributed by atoms with Crippen molar-refractivity contribution >= 4 is 56.0 Å². The van der Waals surface area contributed by atoms with E-state index in [0.29, 0.717) is 22.0 Å². The first kappa shape index (κ1) is 30.3. The van der Waals surface area contributed by atoms with Gasteiger partial charge < -0.3 is 31.3 Å². The van der Waals surface area contributed by atoms with E-state index in [1.807, 2.05) is 18.2 Å². The monoisotopic (exact) mass is 616 g/mol. The van der Waals surface area contributed by atoms with Crippen LogP contribution in [0.3, 0.4) is 0 Å². The van der Waals surface area contributed by atoms with Crippen molar-refractivity contribution in [2.24, 2.45) is 0 Å². The van der Waals surface area contributed by atoms with Crippen molar-refractivity contribution in [3.63, 3.8) is 0 Å². The summed E-state index contributed by atoms with van der Waals surface area (Å²) in [5, 5.41) is 5.91. The van der Waals surface area contributed by atoms with Gasteiger partial charge >= 0.3 is 6.03 Å². The Hall–Kier alpha value is -5.13. The number of aromatic nitrogens is 1. The number of para-hydroxylation sites is 1. The number of ketones is 1. The first-order valence-corrected chi connectivity index (χ1v) is 14.6. The topological polar surface area (TPSA) is 167 Å². The van der Waals surface area contributed by atoms with Crippen molar-refractivity contribution < 1.29 is 23.9 Å². The quantitative estimate of drug-likeness (QED) is 0.172. The van der Waals surface area contributed by atoms with Gasteiger partial charge in [0, 0.05) is 20.0 Å². The summed E-state index contributed by atoms with van der Waals surface area (Å²) in [6, 6.07) is 9.32. The van der Waals surface area contributed by atoms with Crippen molar-refractivity contribution in [2.45, 2.75) is 25.2 Å². The molecule has 5 N–H and O–H groups in total. The van der Waals surface area contributed by atoms with Crippen molar-refractivity contribution in [3.8, 4) is 18.1 Å². The van der Waals surface area contributed by atoms with Gasteiger partial charge in [0.15, 0.2) is 17.5 Å². The van der Waals surface area contributed by atoms with E-state index in [4.69, 9.17) is 22.6 Å². The second-order valence-electron chi connectivity index (χ2n) is 10.3. The zero-order valence-corrected chi connectivity index (χ0v) is 24.9. The number of nitrogen functional groups attached to an aromatic ring is 2. The lowest BCUT2D eigenvalue weighted by atomic mass is 9.99. The van der Waals surface area contributed by atoms with Crippen LogP contribution >= 0.6 is 11.3 Å². The molecule has 0 radical (unpaired) electrons. The largest absolute Gasteiger partial charge is 0.483 e. The van der Waals surface area contributed by atoms with Crippen molar-refractivity contribution in [1.82, 2.24) is 30.1 Å². The van der Waals surface area contributed by atoms with E-state index < -0.39 is 18.2 Å². The van der Waals surface area contributed by atoms with Gasteiger partial charge in [-0.2, -0.15) is 5.01 Å². The summed E-state index contributed by atoms with van der Waals surface area (Å²) in [7, 11) is 1.48. The molecule has 2 saturated heterocycles. The van der Waals surface area contributed by atoms with Crippen LogP contribution in [0.1, 0.15) is 11.1 Å². The van der Waals surface area contributed by atoms with E-state index in [2.05, 4.69) is 22.8 Å². The number of carbonyl (C=O) groups excluding carboxylic acids is 4. The van der Waals surface area contributed by atoms with Crippen molar-refractivity contribution in [3.05, 3.63) is 60.2 Å². The summed E-state index contributed by atoms with van der Waals surface area (Å²) in [6.45, 7) is 3.35. The minimum absolute atomic E-state index is 0.0698. The fourth-order valence-electron chi connectivity index (χ4n) is 5.53. The molecule has 1 aromatic heterocycles. The number of carbonyl (C=O) groups is 4. The van der Waals surface area contributed by atoms with Crippen LogP contribution in [0.25, 0.3) is 10.2 Å². The number of nitrogens with zero attached hydrogens (tertiary/aromatic N) is 5. The van der Waals surface area contributed by atoms with Crippen LogP contribution in [0.4, 0.5) is 15.6 Å². The van der Waals surface area contributed by atoms with E-state index in [9.17, 15) is 19.2 Å². The molecule has 0 bridgehead atoms. The smallest absolute Gasteiger partial charge is 0.332 e. The van der Waals surface area contributed by atoms with Gasteiger partial charge in [-0.05, 0) is 35.4 Å². The van der Waals surface area contributed by atoms with Crippen molar-refractivity contribution in [1.29, 1.82) is 0 Å². The summed E-state index contributed by atoms with van der Waals surface area (Å²) in [5.41, 5.74) is 14.7. The Morgan fingerprint density at radius 1 is 1.30 bits per heavy atom. The summed E-state index contributed by atoms with van der Waals surface area (Å²) in [5.74, 6) is 1.91. The number of urea groups is 1. The molecule has 14 heteroatoms. The molecule has 2 aliphatic rings. The highest BCUT2D eigenvalue weighted by Crippen LogP contribution is 2.33. The zero-order valence-electron chi connectivity index (χ0n) is 24.1. The molecule has 228 valence electrons. The van der Waals surface area contributed by atoms with Gasteiger partial charge in [0.05, 0.1) is 35.5 Å². The zero-order chi connectivity index (χ0) is 31.5. The molecule has 3 aromatic rings. The third kappa shape index (κ3) is 5.87. The van der Waals surface area contributed by atoms with Gasteiger partial charge in [-0.1, -0.05) is 42.0 Å². The van der Waals surface area contributed by atoms with Crippen molar-refractivity contribution in [2.75, 3.05) is 44.8 Å². The third-order valence-corrected chi connectivity index (χ3v) is 8.40. The molecule has 0 unspecified atom stereocenters. The van der Waals surface area contributed by atoms with Gasteiger partial charge in [0.2, 0.25) is 11.8 Å². The van der Waals surface area contributed by atoms with E-state index in [1.54, 1.807) is 28.1 Å². The van der Waals surface area contributed by atoms with Crippen LogP contribution in [0.2, 0.25) is 0 Å². The minimum atomic E-state index is -0.906. The third-order valence-electron chi connectivity index (χ3n) is 7.55. The minimum Gasteiger partial charge on any atom is -0.483 e. The van der Waals surface area contributed by atoms with Crippen LogP contribution in [-0.4, -0.2) is 93.9 Å². The number of fused-ring (bicyclic) bond motifs is 2. The average Bonchev–Trinajstić information content (AvgIpc) is 3.55. The molecule has 2 atom stereocenters. The van der Waals surface area contributed by atoms with E-state index in [1.165, 1.54) is 28.3 Å². The number of thiazole rings is 1. The first-order chi connectivity index (χ1) is 21.1. The molecule has 13 nitrogen and oxygen atoms in total. The predicted molar refractivity (Wildman–Crippen MR) is 166 cm³/mol. The number of nitrogens with two attached hydrogens (primary N) is 2. The maximum absolute atomic E-state index is 14.2. The van der Waals surface area contributed by atoms with Gasteiger partial charge in [0.1, 0.15) is 18.0 Å². The number of rotatable bonds is 10. The van der Waals surface area contributed by atoms with E-state index in [0.717, 1.165) is 16.3 Å². The van der Waals surface area contributed by atoms with E-state index >= 15 is 0 Å². The number of amides is 4. The second kappa shape index (κ2) is 12.6. The molecular formula is C30H32N8O5S. The maximum Gasteiger partial charge on any atom is 0.332 e. The molecule has 0 saturated carbocycles. The molecule has 0 spiro atoms. The fourth-order valence-corrected chi connectivity index (χ4v) is 6.31.